The summed E-state index contributed by atoms with van der Waals surface area (Å²) in [5.41, 5.74) is 8.41. The number of carboxylic acids is 1. The SMILES string of the molecule is Cc1c(N)cccc1CCC(=O)O. The molecule has 1 rings (SSSR count). The Labute approximate surface area is 77.2 Å². The number of nitrogens with two attached hydrogens (primary N) is 1. The van der Waals surface area contributed by atoms with Gasteiger partial charge < -0.3 is 10.8 Å². The smallest absolute Gasteiger partial charge is 0.303 e. The first kappa shape index (κ1) is 9.58. The van der Waals surface area contributed by atoms with E-state index in [1.54, 1.807) is 0 Å². The number of aliphatic carboxylic acids is 1. The molecule has 0 aliphatic carbocycles. The topological polar surface area (TPSA) is 63.3 Å². The molecular formula is C10H13NO2. The maximum atomic E-state index is 10.3. The van der Waals surface area contributed by atoms with Crippen LogP contribution < -0.4 is 5.73 Å². The molecule has 0 amide bonds. The zero-order valence-corrected chi connectivity index (χ0v) is 7.58. The van der Waals surface area contributed by atoms with Gasteiger partial charge in [-0.1, -0.05) is 12.1 Å². The monoisotopic (exact) mass is 179 g/mol. The van der Waals surface area contributed by atoms with E-state index in [-0.39, 0.29) is 6.42 Å². The molecule has 0 saturated heterocycles. The largest absolute Gasteiger partial charge is 0.481 e. The molecule has 0 aliphatic rings. The Balaban J connectivity index is 2.77. The van der Waals surface area contributed by atoms with Crippen molar-refractivity contribution < 1.29 is 9.90 Å². The van der Waals surface area contributed by atoms with Gasteiger partial charge >= 0.3 is 5.97 Å². The number of hydrogen-bond acceptors (Lipinski definition) is 2. The number of hydrogen-bond donors (Lipinski definition) is 2. The normalized spacial score (nSPS) is 9.92. The number of carbonyl (C=O) groups is 1. The van der Waals surface area contributed by atoms with Crippen LogP contribution in [0.5, 0.6) is 0 Å². The molecule has 0 heterocycles. The molecule has 0 fully saturated rings. The van der Waals surface area contributed by atoms with E-state index in [0.717, 1.165) is 16.8 Å². The fraction of sp³-hybridized carbons (Fsp3) is 0.300. The molecule has 1 aromatic rings. The highest BCUT2D eigenvalue weighted by Gasteiger charge is 2.03. The van der Waals surface area contributed by atoms with Crippen LogP contribution in [0.3, 0.4) is 0 Å². The number of rotatable bonds is 3. The number of aryl methyl sites for hydroxylation is 1. The van der Waals surface area contributed by atoms with Gasteiger partial charge in [0, 0.05) is 12.1 Å². The van der Waals surface area contributed by atoms with Gasteiger partial charge in [-0.3, -0.25) is 4.79 Å². The van der Waals surface area contributed by atoms with Crippen LogP contribution in [0.25, 0.3) is 0 Å². The zero-order valence-electron chi connectivity index (χ0n) is 7.58. The van der Waals surface area contributed by atoms with Crippen molar-refractivity contribution in [2.24, 2.45) is 0 Å². The van der Waals surface area contributed by atoms with Crippen molar-refractivity contribution in [1.29, 1.82) is 0 Å². The predicted octanol–water partition coefficient (Wildman–Crippen LogP) is 1.59. The summed E-state index contributed by atoms with van der Waals surface area (Å²) in [6.07, 6.45) is 0.705. The first-order valence-corrected chi connectivity index (χ1v) is 4.17. The summed E-state index contributed by atoms with van der Waals surface area (Å²) in [5.74, 6) is -0.776. The minimum absolute atomic E-state index is 0.157. The summed E-state index contributed by atoms with van der Waals surface area (Å²) in [4.78, 5) is 10.3. The van der Waals surface area contributed by atoms with E-state index >= 15 is 0 Å². The van der Waals surface area contributed by atoms with Crippen LogP contribution in [0, 0.1) is 6.92 Å². The minimum atomic E-state index is -0.776. The van der Waals surface area contributed by atoms with Crippen molar-refractivity contribution >= 4 is 11.7 Å². The van der Waals surface area contributed by atoms with E-state index in [2.05, 4.69) is 0 Å². The first-order chi connectivity index (χ1) is 6.11. The average Bonchev–Trinajstić information content (AvgIpc) is 2.07. The highest BCUT2D eigenvalue weighted by molar-refractivity contribution is 5.67. The van der Waals surface area contributed by atoms with Crippen molar-refractivity contribution in [2.45, 2.75) is 19.8 Å². The summed E-state index contributed by atoms with van der Waals surface area (Å²) >= 11 is 0. The van der Waals surface area contributed by atoms with Gasteiger partial charge in [-0.15, -0.1) is 0 Å². The minimum Gasteiger partial charge on any atom is -0.481 e. The molecule has 3 heteroatoms. The Kier molecular flexibility index (Phi) is 2.90. The second-order valence-electron chi connectivity index (χ2n) is 3.03. The standard InChI is InChI=1S/C10H13NO2/c1-7-8(5-6-10(12)13)3-2-4-9(7)11/h2-4H,5-6,11H2,1H3,(H,12,13). The Hall–Kier alpha value is -1.51. The maximum Gasteiger partial charge on any atom is 0.303 e. The van der Waals surface area contributed by atoms with Crippen LogP contribution in [-0.2, 0) is 11.2 Å². The van der Waals surface area contributed by atoms with Crippen molar-refractivity contribution in [2.75, 3.05) is 5.73 Å². The third kappa shape index (κ3) is 2.47. The third-order valence-corrected chi connectivity index (χ3v) is 2.10. The summed E-state index contributed by atoms with van der Waals surface area (Å²) in [7, 11) is 0. The lowest BCUT2D eigenvalue weighted by atomic mass is 10.0. The van der Waals surface area contributed by atoms with Crippen LogP contribution >= 0.6 is 0 Å². The Bertz CT molecular complexity index is 321. The summed E-state index contributed by atoms with van der Waals surface area (Å²) < 4.78 is 0. The number of anilines is 1. The van der Waals surface area contributed by atoms with Crippen LogP contribution in [0.2, 0.25) is 0 Å². The van der Waals surface area contributed by atoms with Gasteiger partial charge in [0.2, 0.25) is 0 Å². The molecule has 13 heavy (non-hydrogen) atoms. The number of benzene rings is 1. The van der Waals surface area contributed by atoms with Crippen LogP contribution in [0.1, 0.15) is 17.5 Å². The van der Waals surface area contributed by atoms with Crippen molar-refractivity contribution in [3.05, 3.63) is 29.3 Å². The summed E-state index contributed by atoms with van der Waals surface area (Å²) in [5, 5.41) is 8.50. The van der Waals surface area contributed by atoms with Gasteiger partial charge in [-0.2, -0.15) is 0 Å². The molecule has 0 radical (unpaired) electrons. The molecule has 3 nitrogen and oxygen atoms in total. The molecule has 0 aliphatic heterocycles. The molecule has 1 aromatic carbocycles. The lowest BCUT2D eigenvalue weighted by Crippen LogP contribution is -2.00. The second-order valence-corrected chi connectivity index (χ2v) is 3.03. The summed E-state index contributed by atoms with van der Waals surface area (Å²) in [6.45, 7) is 1.91. The van der Waals surface area contributed by atoms with E-state index in [0.29, 0.717) is 6.42 Å². The average molecular weight is 179 g/mol. The highest BCUT2D eigenvalue weighted by Crippen LogP contribution is 2.16. The third-order valence-electron chi connectivity index (χ3n) is 2.10. The molecule has 0 aromatic heterocycles. The van der Waals surface area contributed by atoms with Gasteiger partial charge in [0.1, 0.15) is 0 Å². The van der Waals surface area contributed by atoms with Gasteiger partial charge in [0.15, 0.2) is 0 Å². The fourth-order valence-electron chi connectivity index (χ4n) is 1.22. The van der Waals surface area contributed by atoms with Gasteiger partial charge in [-0.05, 0) is 30.5 Å². The molecule has 0 bridgehead atoms. The Morgan fingerprint density at radius 3 is 2.85 bits per heavy atom. The molecule has 0 saturated carbocycles. The molecule has 0 spiro atoms. The van der Waals surface area contributed by atoms with E-state index in [1.165, 1.54) is 0 Å². The van der Waals surface area contributed by atoms with Crippen LogP contribution in [-0.4, -0.2) is 11.1 Å². The zero-order chi connectivity index (χ0) is 9.84. The first-order valence-electron chi connectivity index (χ1n) is 4.17. The molecule has 0 unspecified atom stereocenters. The highest BCUT2D eigenvalue weighted by atomic mass is 16.4. The van der Waals surface area contributed by atoms with E-state index < -0.39 is 5.97 Å². The van der Waals surface area contributed by atoms with Gasteiger partial charge in [0.25, 0.3) is 0 Å². The lowest BCUT2D eigenvalue weighted by molar-refractivity contribution is -0.136. The molecular weight excluding hydrogens is 166 g/mol. The second kappa shape index (κ2) is 3.94. The molecule has 70 valence electrons. The van der Waals surface area contributed by atoms with E-state index in [1.807, 2.05) is 25.1 Å². The van der Waals surface area contributed by atoms with Gasteiger partial charge in [0.05, 0.1) is 0 Å². The summed E-state index contributed by atoms with van der Waals surface area (Å²) in [6, 6.07) is 5.58. The lowest BCUT2D eigenvalue weighted by Gasteiger charge is -2.06. The quantitative estimate of drug-likeness (QED) is 0.692. The Morgan fingerprint density at radius 1 is 1.54 bits per heavy atom. The van der Waals surface area contributed by atoms with Crippen LogP contribution in [0.15, 0.2) is 18.2 Å². The maximum absolute atomic E-state index is 10.3. The predicted molar refractivity (Wildman–Crippen MR) is 51.5 cm³/mol. The number of nitrogen functional groups attached to an aromatic ring is 1. The van der Waals surface area contributed by atoms with Crippen LogP contribution in [0.4, 0.5) is 5.69 Å². The van der Waals surface area contributed by atoms with Gasteiger partial charge in [-0.25, -0.2) is 0 Å². The van der Waals surface area contributed by atoms with Crippen molar-refractivity contribution in [1.82, 2.24) is 0 Å². The Morgan fingerprint density at radius 2 is 2.23 bits per heavy atom. The fourth-order valence-corrected chi connectivity index (χ4v) is 1.22. The van der Waals surface area contributed by atoms with Crippen molar-refractivity contribution in [3.63, 3.8) is 0 Å². The molecule has 0 atom stereocenters. The number of carboxylic acid groups (broad SMARTS) is 1. The van der Waals surface area contributed by atoms with E-state index in [4.69, 9.17) is 10.8 Å². The molecule has 3 N–H and O–H groups in total. The van der Waals surface area contributed by atoms with Crippen molar-refractivity contribution in [3.8, 4) is 0 Å². The van der Waals surface area contributed by atoms with E-state index in [9.17, 15) is 4.79 Å².